The van der Waals surface area contributed by atoms with Crippen LogP contribution in [0.4, 0.5) is 0 Å². The Balaban J connectivity index is 1.80. The lowest BCUT2D eigenvalue weighted by Crippen LogP contribution is -2.40. The van der Waals surface area contributed by atoms with Crippen molar-refractivity contribution in [2.24, 2.45) is 11.8 Å². The summed E-state index contributed by atoms with van der Waals surface area (Å²) in [5.74, 6) is -1.12. The van der Waals surface area contributed by atoms with E-state index in [0.717, 1.165) is 13.0 Å². The number of amides is 1. The van der Waals surface area contributed by atoms with Crippen molar-refractivity contribution in [3.8, 4) is 0 Å². The smallest absolute Gasteiger partial charge is 0.306 e. The molecule has 0 aromatic carbocycles. The van der Waals surface area contributed by atoms with Crippen LogP contribution in [0, 0.1) is 11.8 Å². The predicted molar refractivity (Wildman–Crippen MR) is 76.2 cm³/mol. The molecule has 2 atom stereocenters. The van der Waals surface area contributed by atoms with Gasteiger partial charge in [0.15, 0.2) is 0 Å². The average Bonchev–Trinajstić information content (AvgIpc) is 3.06. The van der Waals surface area contributed by atoms with Crippen molar-refractivity contribution >= 4 is 23.6 Å². The molecular weight excluding hydrogens is 262 g/mol. The van der Waals surface area contributed by atoms with Crippen LogP contribution in [0.3, 0.4) is 0 Å². The maximum atomic E-state index is 12.1. The summed E-state index contributed by atoms with van der Waals surface area (Å²) in [5, 5.41) is 12.0. The number of carbonyl (C=O) groups is 2. The van der Waals surface area contributed by atoms with E-state index in [2.05, 4.69) is 11.6 Å². The SMILES string of the molecule is CSC1(CNC(=O)C2CCC(C(=O)O)C2)CCCC1. The Bertz CT molecular complexity index is 353. The molecule has 4 nitrogen and oxygen atoms in total. The van der Waals surface area contributed by atoms with Gasteiger partial charge >= 0.3 is 5.97 Å². The van der Waals surface area contributed by atoms with Crippen LogP contribution in [0.1, 0.15) is 44.9 Å². The fourth-order valence-electron chi connectivity index (χ4n) is 3.31. The zero-order valence-electron chi connectivity index (χ0n) is 11.5. The van der Waals surface area contributed by atoms with E-state index >= 15 is 0 Å². The minimum atomic E-state index is -0.758. The first kappa shape index (κ1) is 14.7. The molecule has 0 aromatic rings. The Labute approximate surface area is 118 Å². The summed E-state index contributed by atoms with van der Waals surface area (Å²) < 4.78 is 0.223. The van der Waals surface area contributed by atoms with Gasteiger partial charge < -0.3 is 10.4 Å². The van der Waals surface area contributed by atoms with Crippen LogP contribution < -0.4 is 5.32 Å². The Morgan fingerprint density at radius 3 is 2.42 bits per heavy atom. The Hall–Kier alpha value is -0.710. The maximum absolute atomic E-state index is 12.1. The maximum Gasteiger partial charge on any atom is 0.306 e. The molecule has 2 unspecified atom stereocenters. The minimum absolute atomic E-state index is 0.0593. The van der Waals surface area contributed by atoms with Gasteiger partial charge in [-0.05, 0) is 38.4 Å². The molecule has 0 aliphatic heterocycles. The van der Waals surface area contributed by atoms with Gasteiger partial charge in [0.2, 0.25) is 5.91 Å². The summed E-state index contributed by atoms with van der Waals surface area (Å²) in [6.07, 6.45) is 8.84. The number of carboxylic acid groups (broad SMARTS) is 1. The summed E-state index contributed by atoms with van der Waals surface area (Å²) in [6, 6.07) is 0. The first-order valence-electron chi connectivity index (χ1n) is 7.12. The van der Waals surface area contributed by atoms with Crippen molar-refractivity contribution in [1.82, 2.24) is 5.32 Å². The van der Waals surface area contributed by atoms with Crippen molar-refractivity contribution in [1.29, 1.82) is 0 Å². The third-order valence-electron chi connectivity index (χ3n) is 4.69. The van der Waals surface area contributed by atoms with Crippen LogP contribution in [0.5, 0.6) is 0 Å². The monoisotopic (exact) mass is 285 g/mol. The highest BCUT2D eigenvalue weighted by Gasteiger charge is 2.36. The van der Waals surface area contributed by atoms with Crippen molar-refractivity contribution in [2.45, 2.75) is 49.7 Å². The number of carbonyl (C=O) groups excluding carboxylic acids is 1. The standard InChI is InChI=1S/C14H23NO3S/c1-19-14(6-2-3-7-14)9-15-12(16)10-4-5-11(8-10)13(17)18/h10-11H,2-9H2,1H3,(H,15,16)(H,17,18). The molecular formula is C14H23NO3S. The van der Waals surface area contributed by atoms with Gasteiger partial charge in [0.25, 0.3) is 0 Å². The molecule has 108 valence electrons. The van der Waals surface area contributed by atoms with Crippen molar-refractivity contribution < 1.29 is 14.7 Å². The first-order chi connectivity index (χ1) is 9.06. The van der Waals surface area contributed by atoms with Crippen LogP contribution in [-0.2, 0) is 9.59 Å². The largest absolute Gasteiger partial charge is 0.481 e. The fourth-order valence-corrected chi connectivity index (χ4v) is 4.22. The van der Waals surface area contributed by atoms with Gasteiger partial charge in [-0.25, -0.2) is 0 Å². The summed E-state index contributed by atoms with van der Waals surface area (Å²) in [6.45, 7) is 0.737. The van der Waals surface area contributed by atoms with E-state index in [1.807, 2.05) is 11.8 Å². The second kappa shape index (κ2) is 6.16. The lowest BCUT2D eigenvalue weighted by atomic mass is 10.0. The molecule has 0 spiro atoms. The second-order valence-electron chi connectivity index (χ2n) is 5.86. The minimum Gasteiger partial charge on any atom is -0.481 e. The summed E-state index contributed by atoms with van der Waals surface area (Å²) in [7, 11) is 0. The highest BCUT2D eigenvalue weighted by Crippen LogP contribution is 2.40. The van der Waals surface area contributed by atoms with Crippen LogP contribution in [-0.4, -0.2) is 34.5 Å². The van der Waals surface area contributed by atoms with E-state index in [9.17, 15) is 9.59 Å². The average molecular weight is 285 g/mol. The van der Waals surface area contributed by atoms with E-state index in [-0.39, 0.29) is 22.5 Å². The van der Waals surface area contributed by atoms with Crippen molar-refractivity contribution in [3.63, 3.8) is 0 Å². The van der Waals surface area contributed by atoms with Gasteiger partial charge in [0.05, 0.1) is 5.92 Å². The summed E-state index contributed by atoms with van der Waals surface area (Å²) in [5.41, 5.74) is 0. The topological polar surface area (TPSA) is 66.4 Å². The highest BCUT2D eigenvalue weighted by atomic mass is 32.2. The zero-order valence-corrected chi connectivity index (χ0v) is 12.3. The summed E-state index contributed by atoms with van der Waals surface area (Å²) in [4.78, 5) is 23.0. The number of hydrogen-bond acceptors (Lipinski definition) is 3. The van der Waals surface area contributed by atoms with Gasteiger partial charge in [0.1, 0.15) is 0 Å². The number of nitrogens with one attached hydrogen (secondary N) is 1. The Kier molecular flexibility index (Phi) is 4.76. The fraction of sp³-hybridized carbons (Fsp3) is 0.857. The normalized spacial score (nSPS) is 29.3. The van der Waals surface area contributed by atoms with E-state index in [0.29, 0.717) is 12.8 Å². The molecule has 2 aliphatic carbocycles. The van der Waals surface area contributed by atoms with E-state index in [4.69, 9.17) is 5.11 Å². The summed E-state index contributed by atoms with van der Waals surface area (Å²) >= 11 is 1.86. The third-order valence-corrected chi connectivity index (χ3v) is 6.10. The number of aliphatic carboxylic acids is 1. The molecule has 0 saturated heterocycles. The molecule has 0 bridgehead atoms. The Morgan fingerprint density at radius 2 is 1.89 bits per heavy atom. The molecule has 0 heterocycles. The molecule has 0 aromatic heterocycles. The van der Waals surface area contributed by atoms with Crippen molar-refractivity contribution in [2.75, 3.05) is 12.8 Å². The van der Waals surface area contributed by atoms with Crippen LogP contribution >= 0.6 is 11.8 Å². The quantitative estimate of drug-likeness (QED) is 0.813. The molecule has 2 rings (SSSR count). The molecule has 0 radical (unpaired) electrons. The zero-order chi connectivity index (χ0) is 13.9. The lowest BCUT2D eigenvalue weighted by Gasteiger charge is -2.27. The van der Waals surface area contributed by atoms with E-state index < -0.39 is 5.97 Å². The van der Waals surface area contributed by atoms with Gasteiger partial charge in [-0.1, -0.05) is 12.8 Å². The number of thioether (sulfide) groups is 1. The molecule has 2 fully saturated rings. The molecule has 1 amide bonds. The molecule has 2 aliphatic rings. The van der Waals surface area contributed by atoms with Gasteiger partial charge in [-0.15, -0.1) is 0 Å². The first-order valence-corrected chi connectivity index (χ1v) is 8.34. The molecule has 2 N–H and O–H groups in total. The molecule has 5 heteroatoms. The molecule has 2 saturated carbocycles. The second-order valence-corrected chi connectivity index (χ2v) is 7.13. The van der Waals surface area contributed by atoms with Crippen LogP contribution in [0.25, 0.3) is 0 Å². The number of carboxylic acids is 1. The molecule has 19 heavy (non-hydrogen) atoms. The van der Waals surface area contributed by atoms with Gasteiger partial charge in [0, 0.05) is 17.2 Å². The number of hydrogen-bond donors (Lipinski definition) is 2. The van der Waals surface area contributed by atoms with Crippen LogP contribution in [0.15, 0.2) is 0 Å². The Morgan fingerprint density at radius 1 is 1.26 bits per heavy atom. The highest BCUT2D eigenvalue weighted by molar-refractivity contribution is 8.00. The van der Waals surface area contributed by atoms with Crippen LogP contribution in [0.2, 0.25) is 0 Å². The van der Waals surface area contributed by atoms with Crippen molar-refractivity contribution in [3.05, 3.63) is 0 Å². The lowest BCUT2D eigenvalue weighted by molar-refractivity contribution is -0.141. The third kappa shape index (κ3) is 3.44. The van der Waals surface area contributed by atoms with Gasteiger partial charge in [-0.3, -0.25) is 9.59 Å². The van der Waals surface area contributed by atoms with E-state index in [1.165, 1.54) is 25.7 Å². The van der Waals surface area contributed by atoms with E-state index in [1.54, 1.807) is 0 Å². The predicted octanol–water partition coefficient (Wildman–Crippen LogP) is 2.28. The van der Waals surface area contributed by atoms with Gasteiger partial charge in [-0.2, -0.15) is 11.8 Å². The number of rotatable bonds is 5.